The zero-order valence-electron chi connectivity index (χ0n) is 29.2. The first kappa shape index (κ1) is 31.2. The number of hydrogen-bond acceptors (Lipinski definition) is 3. The van der Waals surface area contributed by atoms with Gasteiger partial charge in [-0.25, -0.2) is 9.98 Å². The van der Waals surface area contributed by atoms with E-state index in [1.807, 2.05) is 18.6 Å². The Morgan fingerprint density at radius 2 is 0.960 bits per heavy atom. The molecule has 0 bridgehead atoms. The van der Waals surface area contributed by atoms with Crippen molar-refractivity contribution in [3.63, 3.8) is 0 Å². The summed E-state index contributed by atoms with van der Waals surface area (Å²) in [5.41, 5.74) is 20.5. The molecule has 0 radical (unpaired) electrons. The largest absolute Gasteiger partial charge is 0.284 e. The third-order valence-electron chi connectivity index (χ3n) is 9.91. The van der Waals surface area contributed by atoms with E-state index in [0.717, 1.165) is 33.9 Å². The molecule has 6 aromatic carbocycles. The minimum atomic E-state index is 0.836. The Morgan fingerprint density at radius 3 is 1.60 bits per heavy atom. The van der Waals surface area contributed by atoms with Gasteiger partial charge in [-0.15, -0.1) is 0 Å². The van der Waals surface area contributed by atoms with Gasteiger partial charge in [0.1, 0.15) is 12.2 Å². The molecule has 0 saturated carbocycles. The van der Waals surface area contributed by atoms with Crippen LogP contribution in [0.5, 0.6) is 0 Å². The van der Waals surface area contributed by atoms with Gasteiger partial charge in [-0.3, -0.25) is 4.90 Å². The molecule has 1 aromatic heterocycles. The number of aliphatic imine (C=N–C) groups is 1. The Balaban J connectivity index is 1.09. The Labute approximate surface area is 295 Å². The predicted molar refractivity (Wildman–Crippen MR) is 212 cm³/mol. The molecule has 3 heteroatoms. The van der Waals surface area contributed by atoms with Crippen molar-refractivity contribution in [3.8, 4) is 55.6 Å². The van der Waals surface area contributed by atoms with Gasteiger partial charge in [0.05, 0.1) is 11.4 Å². The summed E-state index contributed by atoms with van der Waals surface area (Å²) in [5, 5.41) is 0. The van der Waals surface area contributed by atoms with E-state index in [2.05, 4.69) is 167 Å². The van der Waals surface area contributed by atoms with Crippen molar-refractivity contribution in [1.82, 2.24) is 4.98 Å². The predicted octanol–water partition coefficient (Wildman–Crippen LogP) is 12.8. The van der Waals surface area contributed by atoms with Gasteiger partial charge in [0, 0.05) is 17.3 Å². The lowest BCUT2D eigenvalue weighted by molar-refractivity contribution is 1.23. The molecule has 1 aliphatic heterocycles. The van der Waals surface area contributed by atoms with Crippen molar-refractivity contribution >= 4 is 23.5 Å². The number of aromatic nitrogens is 1. The van der Waals surface area contributed by atoms with Crippen molar-refractivity contribution in [2.75, 3.05) is 4.90 Å². The third-order valence-corrected chi connectivity index (χ3v) is 9.91. The topological polar surface area (TPSA) is 28.5 Å². The van der Waals surface area contributed by atoms with Crippen molar-refractivity contribution in [3.05, 3.63) is 167 Å². The first-order valence-corrected chi connectivity index (χ1v) is 17.2. The molecule has 2 heterocycles. The van der Waals surface area contributed by atoms with Crippen molar-refractivity contribution in [2.45, 2.75) is 34.6 Å². The van der Waals surface area contributed by atoms with Crippen LogP contribution in [0.1, 0.15) is 27.8 Å². The molecule has 0 unspecified atom stereocenters. The van der Waals surface area contributed by atoms with Crippen LogP contribution in [0, 0.1) is 34.6 Å². The molecular formula is C47H39N3. The van der Waals surface area contributed by atoms with Gasteiger partial charge in [-0.05, 0) is 126 Å². The molecule has 0 spiro atoms. The van der Waals surface area contributed by atoms with E-state index >= 15 is 0 Å². The second-order valence-electron chi connectivity index (χ2n) is 13.5. The summed E-state index contributed by atoms with van der Waals surface area (Å²) in [5.74, 6) is 0.836. The molecule has 50 heavy (non-hydrogen) atoms. The number of pyridine rings is 1. The number of rotatable bonds is 5. The normalized spacial score (nSPS) is 12.0. The summed E-state index contributed by atoms with van der Waals surface area (Å²) in [6.45, 7) is 11.0. The summed E-state index contributed by atoms with van der Waals surface area (Å²) in [4.78, 5) is 11.8. The molecule has 1 aliphatic rings. The maximum absolute atomic E-state index is 4.86. The van der Waals surface area contributed by atoms with Crippen LogP contribution in [0.3, 0.4) is 0 Å². The maximum Gasteiger partial charge on any atom is 0.138 e. The quantitative estimate of drug-likeness (QED) is 0.186. The van der Waals surface area contributed by atoms with Gasteiger partial charge >= 0.3 is 0 Å². The third kappa shape index (κ3) is 5.71. The number of aryl methyl sites for hydroxylation is 5. The molecule has 0 N–H and O–H groups in total. The lowest BCUT2D eigenvalue weighted by atomic mass is 9.89. The Kier molecular flexibility index (Phi) is 7.97. The molecule has 0 amide bonds. The van der Waals surface area contributed by atoms with Crippen LogP contribution in [0.2, 0.25) is 0 Å². The van der Waals surface area contributed by atoms with Crippen molar-refractivity contribution in [2.24, 2.45) is 4.99 Å². The van der Waals surface area contributed by atoms with Gasteiger partial charge in [0.2, 0.25) is 0 Å². The highest BCUT2D eigenvalue weighted by Crippen LogP contribution is 2.42. The zero-order chi connectivity index (χ0) is 34.4. The standard InChI is InChI=1S/C47H39N3/c1-30-14-16-35(17-15-30)39-24-31(2)46(32(3)25-39)37-20-18-36(19-21-37)40-26-33(4)47(34(5)27-40)38-22-23-48-45(28-38)50-29-49-43-12-8-6-10-41(43)42-11-7-9-13-44(42)50/h6-29H,1-5H3. The second kappa shape index (κ2) is 12.8. The molecule has 0 aliphatic carbocycles. The van der Waals surface area contributed by atoms with Gasteiger partial charge in [-0.2, -0.15) is 0 Å². The number of benzene rings is 6. The first-order valence-electron chi connectivity index (χ1n) is 17.2. The van der Waals surface area contributed by atoms with Gasteiger partial charge in [0.15, 0.2) is 0 Å². The second-order valence-corrected chi connectivity index (χ2v) is 13.5. The number of fused-ring (bicyclic) bond motifs is 3. The summed E-state index contributed by atoms with van der Waals surface area (Å²) < 4.78 is 0. The highest BCUT2D eigenvalue weighted by molar-refractivity contribution is 6.01. The average Bonchev–Trinajstić information content (AvgIpc) is 3.29. The fraction of sp³-hybridized carbons (Fsp3) is 0.106. The van der Waals surface area contributed by atoms with Gasteiger partial charge in [-0.1, -0.05) is 115 Å². The molecular weight excluding hydrogens is 607 g/mol. The monoisotopic (exact) mass is 645 g/mol. The van der Waals surface area contributed by atoms with E-state index in [-0.39, 0.29) is 0 Å². The molecule has 0 atom stereocenters. The Morgan fingerprint density at radius 1 is 0.440 bits per heavy atom. The van der Waals surface area contributed by atoms with Crippen molar-refractivity contribution in [1.29, 1.82) is 0 Å². The molecule has 0 fully saturated rings. The SMILES string of the molecule is Cc1ccc(-c2cc(C)c(-c3ccc(-c4cc(C)c(-c5ccnc(N6C=Nc7ccccc7-c7ccccc76)c5)c(C)c4)cc3)c(C)c2)cc1. The van der Waals surface area contributed by atoms with Crippen LogP contribution in [0.4, 0.5) is 17.2 Å². The van der Waals surface area contributed by atoms with E-state index in [1.54, 1.807) is 0 Å². The Bertz CT molecular complexity index is 2370. The van der Waals surface area contributed by atoms with Crippen LogP contribution in [0.15, 0.2) is 145 Å². The minimum absolute atomic E-state index is 0.836. The summed E-state index contributed by atoms with van der Waals surface area (Å²) in [7, 11) is 0. The van der Waals surface area contributed by atoms with E-state index in [0.29, 0.717) is 0 Å². The van der Waals surface area contributed by atoms with E-state index in [4.69, 9.17) is 9.98 Å². The minimum Gasteiger partial charge on any atom is -0.284 e. The summed E-state index contributed by atoms with van der Waals surface area (Å²) >= 11 is 0. The van der Waals surface area contributed by atoms with E-state index in [1.165, 1.54) is 66.8 Å². The molecule has 7 aromatic rings. The van der Waals surface area contributed by atoms with Gasteiger partial charge < -0.3 is 0 Å². The van der Waals surface area contributed by atoms with Crippen molar-refractivity contribution < 1.29 is 0 Å². The molecule has 8 rings (SSSR count). The van der Waals surface area contributed by atoms with Crippen LogP contribution in [-0.2, 0) is 0 Å². The zero-order valence-corrected chi connectivity index (χ0v) is 29.2. The van der Waals surface area contributed by atoms with Gasteiger partial charge in [0.25, 0.3) is 0 Å². The first-order chi connectivity index (χ1) is 24.3. The molecule has 242 valence electrons. The lowest BCUT2D eigenvalue weighted by Crippen LogP contribution is -2.15. The fourth-order valence-corrected chi connectivity index (χ4v) is 7.54. The van der Waals surface area contributed by atoms with Crippen LogP contribution >= 0.6 is 0 Å². The van der Waals surface area contributed by atoms with E-state index in [9.17, 15) is 0 Å². The Hall–Kier alpha value is -6.06. The maximum atomic E-state index is 4.86. The highest BCUT2D eigenvalue weighted by Gasteiger charge is 2.20. The fourth-order valence-electron chi connectivity index (χ4n) is 7.54. The van der Waals surface area contributed by atoms with E-state index < -0.39 is 0 Å². The average molecular weight is 646 g/mol. The summed E-state index contributed by atoms with van der Waals surface area (Å²) in [6, 6.07) is 48.1. The van der Waals surface area contributed by atoms with Crippen LogP contribution < -0.4 is 4.90 Å². The van der Waals surface area contributed by atoms with Crippen LogP contribution in [-0.4, -0.2) is 11.3 Å². The number of hydrogen-bond donors (Lipinski definition) is 0. The summed E-state index contributed by atoms with van der Waals surface area (Å²) in [6.07, 6.45) is 3.80. The molecule has 3 nitrogen and oxygen atoms in total. The number of para-hydroxylation sites is 2. The lowest BCUT2D eigenvalue weighted by Gasteiger charge is -2.21. The van der Waals surface area contributed by atoms with Crippen LogP contribution in [0.25, 0.3) is 55.6 Å². The smallest absolute Gasteiger partial charge is 0.138 e. The number of nitrogens with zero attached hydrogens (tertiary/aromatic N) is 3. The number of anilines is 2. The highest BCUT2D eigenvalue weighted by atomic mass is 15.2. The molecule has 0 saturated heterocycles.